The molecular formula is C17H17N7O. The maximum Gasteiger partial charge on any atom is 0.272 e. The highest BCUT2D eigenvalue weighted by Crippen LogP contribution is 2.16. The van der Waals surface area contributed by atoms with Crippen molar-refractivity contribution in [2.45, 2.75) is 0 Å². The normalized spacial score (nSPS) is 14.6. The summed E-state index contributed by atoms with van der Waals surface area (Å²) in [5, 5.41) is 4.19. The van der Waals surface area contributed by atoms with E-state index in [2.05, 4.69) is 25.0 Å². The van der Waals surface area contributed by atoms with E-state index in [0.29, 0.717) is 31.9 Å². The summed E-state index contributed by atoms with van der Waals surface area (Å²) in [6.07, 6.45) is 6.73. The van der Waals surface area contributed by atoms with E-state index in [1.54, 1.807) is 29.2 Å². The third-order valence-electron chi connectivity index (χ3n) is 4.15. The van der Waals surface area contributed by atoms with Gasteiger partial charge in [-0.1, -0.05) is 6.07 Å². The molecule has 1 fully saturated rings. The topological polar surface area (TPSA) is 80.0 Å². The Morgan fingerprint density at radius 3 is 2.48 bits per heavy atom. The van der Waals surface area contributed by atoms with Gasteiger partial charge in [0.2, 0.25) is 0 Å². The molecule has 0 radical (unpaired) electrons. The van der Waals surface area contributed by atoms with E-state index in [4.69, 9.17) is 0 Å². The average Bonchev–Trinajstić information content (AvgIpc) is 3.23. The third-order valence-corrected chi connectivity index (χ3v) is 4.15. The number of rotatable bonds is 3. The van der Waals surface area contributed by atoms with E-state index in [1.807, 2.05) is 29.3 Å². The molecule has 0 bridgehead atoms. The molecule has 1 amide bonds. The van der Waals surface area contributed by atoms with Gasteiger partial charge in [0.05, 0.1) is 0 Å². The van der Waals surface area contributed by atoms with Crippen LogP contribution in [0.5, 0.6) is 0 Å². The van der Waals surface area contributed by atoms with Crippen LogP contribution >= 0.6 is 0 Å². The van der Waals surface area contributed by atoms with Crippen molar-refractivity contribution in [1.29, 1.82) is 0 Å². The van der Waals surface area contributed by atoms with E-state index in [9.17, 15) is 4.79 Å². The van der Waals surface area contributed by atoms with Gasteiger partial charge in [0.25, 0.3) is 5.91 Å². The first-order valence-corrected chi connectivity index (χ1v) is 8.08. The standard InChI is InChI=1S/C17H17N7O/c25-17(14-4-1-2-5-18-14)23-10-8-22(9-11-23)15-12-16(20-13-19-15)24-7-3-6-21-24/h1-7,12-13H,8-11H2. The van der Waals surface area contributed by atoms with E-state index in [-0.39, 0.29) is 5.91 Å². The fraction of sp³-hybridized carbons (Fsp3) is 0.235. The third kappa shape index (κ3) is 3.18. The Morgan fingerprint density at radius 2 is 1.76 bits per heavy atom. The largest absolute Gasteiger partial charge is 0.353 e. The highest BCUT2D eigenvalue weighted by molar-refractivity contribution is 5.92. The number of pyridine rings is 1. The van der Waals surface area contributed by atoms with Crippen molar-refractivity contribution >= 4 is 11.7 Å². The van der Waals surface area contributed by atoms with E-state index < -0.39 is 0 Å². The minimum absolute atomic E-state index is 0.0276. The van der Waals surface area contributed by atoms with Crippen LogP contribution in [0, 0.1) is 0 Å². The monoisotopic (exact) mass is 335 g/mol. The first-order valence-electron chi connectivity index (χ1n) is 8.08. The van der Waals surface area contributed by atoms with Gasteiger partial charge in [0.15, 0.2) is 5.82 Å². The lowest BCUT2D eigenvalue weighted by Gasteiger charge is -2.35. The number of aromatic nitrogens is 5. The van der Waals surface area contributed by atoms with E-state index in [0.717, 1.165) is 11.6 Å². The Balaban J connectivity index is 1.44. The second-order valence-corrected chi connectivity index (χ2v) is 5.68. The quantitative estimate of drug-likeness (QED) is 0.711. The van der Waals surface area contributed by atoms with Crippen LogP contribution in [-0.4, -0.2) is 61.7 Å². The number of hydrogen-bond acceptors (Lipinski definition) is 6. The molecule has 3 aromatic rings. The van der Waals surface area contributed by atoms with E-state index >= 15 is 0 Å². The maximum absolute atomic E-state index is 12.5. The molecule has 0 spiro atoms. The predicted molar refractivity (Wildman–Crippen MR) is 91.5 cm³/mol. The molecule has 0 unspecified atom stereocenters. The summed E-state index contributed by atoms with van der Waals surface area (Å²) in [6.45, 7) is 2.70. The minimum Gasteiger partial charge on any atom is -0.353 e. The smallest absolute Gasteiger partial charge is 0.272 e. The van der Waals surface area contributed by atoms with Gasteiger partial charge in [-0.15, -0.1) is 0 Å². The number of anilines is 1. The molecule has 4 rings (SSSR count). The van der Waals surface area contributed by atoms with Crippen molar-refractivity contribution < 1.29 is 4.79 Å². The van der Waals surface area contributed by atoms with Crippen LogP contribution in [0.1, 0.15) is 10.5 Å². The lowest BCUT2D eigenvalue weighted by atomic mass is 10.2. The van der Waals surface area contributed by atoms with Crippen LogP contribution in [0.3, 0.4) is 0 Å². The number of piperazine rings is 1. The van der Waals surface area contributed by atoms with Gasteiger partial charge in [-0.2, -0.15) is 5.10 Å². The lowest BCUT2D eigenvalue weighted by Crippen LogP contribution is -2.49. The number of carbonyl (C=O) groups excluding carboxylic acids is 1. The summed E-state index contributed by atoms with van der Waals surface area (Å²) in [4.78, 5) is 29.2. The van der Waals surface area contributed by atoms with Crippen LogP contribution < -0.4 is 4.90 Å². The SMILES string of the molecule is O=C(c1ccccn1)N1CCN(c2cc(-n3cccn3)ncn2)CC1. The van der Waals surface area contributed by atoms with Crippen LogP contribution in [0.2, 0.25) is 0 Å². The Labute approximate surface area is 144 Å². The van der Waals surface area contributed by atoms with Gasteiger partial charge in [0.1, 0.15) is 17.8 Å². The van der Waals surface area contributed by atoms with Crippen molar-refractivity contribution in [2.75, 3.05) is 31.1 Å². The van der Waals surface area contributed by atoms with Crippen LogP contribution in [0.25, 0.3) is 5.82 Å². The number of amides is 1. The van der Waals surface area contributed by atoms with Crippen LogP contribution in [0.15, 0.2) is 55.2 Å². The average molecular weight is 335 g/mol. The van der Waals surface area contributed by atoms with Crippen molar-refractivity contribution in [3.05, 3.63) is 60.9 Å². The van der Waals surface area contributed by atoms with Gasteiger partial charge in [-0.05, 0) is 18.2 Å². The van der Waals surface area contributed by atoms with Gasteiger partial charge in [0, 0.05) is 50.8 Å². The van der Waals surface area contributed by atoms with Gasteiger partial charge in [-0.25, -0.2) is 14.6 Å². The summed E-state index contributed by atoms with van der Waals surface area (Å²) in [5.74, 6) is 1.53. The number of hydrogen-bond donors (Lipinski definition) is 0. The van der Waals surface area contributed by atoms with Crippen molar-refractivity contribution in [3.63, 3.8) is 0 Å². The van der Waals surface area contributed by atoms with E-state index in [1.165, 1.54) is 6.33 Å². The van der Waals surface area contributed by atoms with Crippen LogP contribution in [0.4, 0.5) is 5.82 Å². The summed E-state index contributed by atoms with van der Waals surface area (Å²) in [7, 11) is 0. The van der Waals surface area contributed by atoms with Gasteiger partial charge in [-0.3, -0.25) is 9.78 Å². The Kier molecular flexibility index (Phi) is 4.07. The van der Waals surface area contributed by atoms with Gasteiger partial charge >= 0.3 is 0 Å². The maximum atomic E-state index is 12.5. The molecule has 0 N–H and O–H groups in total. The molecule has 8 heteroatoms. The second-order valence-electron chi connectivity index (χ2n) is 5.68. The summed E-state index contributed by atoms with van der Waals surface area (Å²) >= 11 is 0. The summed E-state index contributed by atoms with van der Waals surface area (Å²) in [6, 6.07) is 9.14. The highest BCUT2D eigenvalue weighted by Gasteiger charge is 2.23. The van der Waals surface area contributed by atoms with Crippen LogP contribution in [-0.2, 0) is 0 Å². The molecule has 25 heavy (non-hydrogen) atoms. The molecule has 0 saturated carbocycles. The molecule has 126 valence electrons. The molecule has 3 aromatic heterocycles. The molecule has 0 atom stereocenters. The zero-order valence-electron chi connectivity index (χ0n) is 13.6. The fourth-order valence-corrected chi connectivity index (χ4v) is 2.83. The second kappa shape index (κ2) is 6.68. The number of carbonyl (C=O) groups is 1. The zero-order chi connectivity index (χ0) is 17.1. The summed E-state index contributed by atoms with van der Waals surface area (Å²) in [5.41, 5.74) is 0.485. The molecule has 8 nitrogen and oxygen atoms in total. The Hall–Kier alpha value is -3.29. The minimum atomic E-state index is -0.0276. The molecule has 4 heterocycles. The van der Waals surface area contributed by atoms with Crippen molar-refractivity contribution in [1.82, 2.24) is 29.6 Å². The lowest BCUT2D eigenvalue weighted by molar-refractivity contribution is 0.0740. The molecule has 0 aliphatic carbocycles. The zero-order valence-corrected chi connectivity index (χ0v) is 13.6. The first-order chi connectivity index (χ1) is 12.3. The molecule has 1 aliphatic rings. The molecule has 1 saturated heterocycles. The fourth-order valence-electron chi connectivity index (χ4n) is 2.83. The van der Waals surface area contributed by atoms with Crippen molar-refractivity contribution in [2.24, 2.45) is 0 Å². The first kappa shape index (κ1) is 15.3. The Bertz CT molecular complexity index is 842. The Morgan fingerprint density at radius 1 is 0.920 bits per heavy atom. The highest BCUT2D eigenvalue weighted by atomic mass is 16.2. The number of nitrogens with zero attached hydrogens (tertiary/aromatic N) is 7. The van der Waals surface area contributed by atoms with Gasteiger partial charge < -0.3 is 9.80 Å². The predicted octanol–water partition coefficient (Wildman–Crippen LogP) is 1.02. The summed E-state index contributed by atoms with van der Waals surface area (Å²) < 4.78 is 1.70. The van der Waals surface area contributed by atoms with Crippen molar-refractivity contribution in [3.8, 4) is 5.82 Å². The molecule has 0 aromatic carbocycles. The molecule has 1 aliphatic heterocycles. The molecular weight excluding hydrogens is 318 g/mol.